The van der Waals surface area contributed by atoms with Crippen LogP contribution < -0.4 is 10.1 Å². The Morgan fingerprint density at radius 1 is 1.58 bits per heavy atom. The Balaban J connectivity index is 2.10. The number of amides is 1. The number of hydrogen-bond donors (Lipinski definition) is 2. The molecule has 102 valence electrons. The molecule has 19 heavy (non-hydrogen) atoms. The highest BCUT2D eigenvalue weighted by atomic mass is 16.5. The maximum Gasteiger partial charge on any atom is 0.334 e. The predicted octanol–water partition coefficient (Wildman–Crippen LogP) is 0.0621. The summed E-state index contributed by atoms with van der Waals surface area (Å²) in [5.41, 5.74) is 0.265. The monoisotopic (exact) mass is 266 g/mol. The van der Waals surface area contributed by atoms with Crippen LogP contribution in [0.3, 0.4) is 0 Å². The third-order valence-corrected chi connectivity index (χ3v) is 2.86. The van der Waals surface area contributed by atoms with Crippen LogP contribution in [0.1, 0.15) is 16.8 Å². The summed E-state index contributed by atoms with van der Waals surface area (Å²) in [6, 6.07) is 2.62. The van der Waals surface area contributed by atoms with Crippen molar-refractivity contribution in [3.8, 4) is 5.88 Å². The lowest BCUT2D eigenvalue weighted by atomic mass is 10.1. The fourth-order valence-electron chi connectivity index (χ4n) is 1.95. The third kappa shape index (κ3) is 2.82. The lowest BCUT2D eigenvalue weighted by Crippen LogP contribution is -2.44. The van der Waals surface area contributed by atoms with Crippen LogP contribution in [0, 0.1) is 0 Å². The van der Waals surface area contributed by atoms with Crippen LogP contribution in [0.15, 0.2) is 18.3 Å². The van der Waals surface area contributed by atoms with Crippen LogP contribution in [0.25, 0.3) is 0 Å². The van der Waals surface area contributed by atoms with E-state index in [9.17, 15) is 9.59 Å². The van der Waals surface area contributed by atoms with E-state index in [-0.39, 0.29) is 11.4 Å². The summed E-state index contributed by atoms with van der Waals surface area (Å²) in [6.07, 6.45) is 0.964. The van der Waals surface area contributed by atoms with E-state index in [0.717, 1.165) is 0 Å². The zero-order chi connectivity index (χ0) is 13.8. The number of hydrogen-bond acceptors (Lipinski definition) is 5. The molecule has 2 N–H and O–H groups in total. The Kier molecular flexibility index (Phi) is 3.96. The number of nitrogens with one attached hydrogen (secondary N) is 1. The van der Waals surface area contributed by atoms with Gasteiger partial charge < -0.3 is 19.9 Å². The lowest BCUT2D eigenvalue weighted by Gasteiger charge is -2.16. The maximum absolute atomic E-state index is 12.1. The van der Waals surface area contributed by atoms with Gasteiger partial charge in [-0.15, -0.1) is 0 Å². The molecule has 0 bridgehead atoms. The van der Waals surface area contributed by atoms with Gasteiger partial charge in [0.15, 0.2) is 6.10 Å². The van der Waals surface area contributed by atoms with E-state index < -0.39 is 24.0 Å². The molecule has 1 aromatic heterocycles. The fraction of sp³-hybridized carbons (Fsp3) is 0.417. The van der Waals surface area contributed by atoms with Crippen LogP contribution >= 0.6 is 0 Å². The van der Waals surface area contributed by atoms with Gasteiger partial charge in [-0.2, -0.15) is 0 Å². The number of carboxylic acids is 1. The second kappa shape index (κ2) is 5.66. The third-order valence-electron chi connectivity index (χ3n) is 2.86. The molecule has 7 nitrogen and oxygen atoms in total. The average molecular weight is 266 g/mol. The summed E-state index contributed by atoms with van der Waals surface area (Å²) < 4.78 is 10.0. The van der Waals surface area contributed by atoms with Gasteiger partial charge in [0.1, 0.15) is 5.56 Å². The standard InChI is InChI=1S/C12H14N2O5/c1-18-11-7(3-2-5-13-11)10(15)14-8-4-6-19-9(8)12(16)17/h2-3,5,8-9H,4,6H2,1H3,(H,14,15)(H,16,17)/t8-,9+/m1/s1. The van der Waals surface area contributed by atoms with E-state index in [4.69, 9.17) is 14.6 Å². The number of carbonyl (C=O) groups is 2. The Morgan fingerprint density at radius 2 is 2.37 bits per heavy atom. The summed E-state index contributed by atoms with van der Waals surface area (Å²) in [4.78, 5) is 26.9. The molecule has 0 radical (unpaired) electrons. The molecule has 2 heterocycles. The number of methoxy groups -OCH3 is 1. The van der Waals surface area contributed by atoms with Gasteiger partial charge in [0, 0.05) is 12.8 Å². The molecule has 2 atom stereocenters. The summed E-state index contributed by atoms with van der Waals surface area (Å²) in [5, 5.41) is 11.6. The van der Waals surface area contributed by atoms with E-state index in [2.05, 4.69) is 10.3 Å². The molecule has 0 saturated carbocycles. The molecule has 1 fully saturated rings. The second-order valence-electron chi connectivity index (χ2n) is 4.06. The van der Waals surface area contributed by atoms with Crippen molar-refractivity contribution in [1.29, 1.82) is 0 Å². The topological polar surface area (TPSA) is 97.8 Å². The van der Waals surface area contributed by atoms with E-state index in [1.165, 1.54) is 13.3 Å². The number of carbonyl (C=O) groups excluding carboxylic acids is 1. The highest BCUT2D eigenvalue weighted by Crippen LogP contribution is 2.17. The van der Waals surface area contributed by atoms with Crippen LogP contribution in [-0.4, -0.2) is 47.8 Å². The van der Waals surface area contributed by atoms with Crippen molar-refractivity contribution in [2.24, 2.45) is 0 Å². The van der Waals surface area contributed by atoms with Gasteiger partial charge in [0.05, 0.1) is 13.2 Å². The number of nitrogens with zero attached hydrogens (tertiary/aromatic N) is 1. The van der Waals surface area contributed by atoms with Gasteiger partial charge in [-0.3, -0.25) is 4.79 Å². The van der Waals surface area contributed by atoms with Gasteiger partial charge in [-0.1, -0.05) is 0 Å². The number of aromatic nitrogens is 1. The normalized spacial score (nSPS) is 21.9. The van der Waals surface area contributed by atoms with Gasteiger partial charge in [-0.25, -0.2) is 9.78 Å². The summed E-state index contributed by atoms with van der Waals surface area (Å²) in [7, 11) is 1.41. The molecule has 1 saturated heterocycles. The first-order chi connectivity index (χ1) is 9.13. The fourth-order valence-corrected chi connectivity index (χ4v) is 1.95. The van der Waals surface area contributed by atoms with Crippen LogP contribution in [0.4, 0.5) is 0 Å². The van der Waals surface area contributed by atoms with Crippen molar-refractivity contribution in [3.63, 3.8) is 0 Å². The molecule has 2 rings (SSSR count). The largest absolute Gasteiger partial charge is 0.480 e. The quantitative estimate of drug-likeness (QED) is 0.799. The molecule has 0 spiro atoms. The zero-order valence-corrected chi connectivity index (χ0v) is 10.3. The average Bonchev–Trinajstić information content (AvgIpc) is 2.87. The predicted molar refractivity (Wildman–Crippen MR) is 64.0 cm³/mol. The van der Waals surface area contributed by atoms with E-state index >= 15 is 0 Å². The number of pyridine rings is 1. The van der Waals surface area contributed by atoms with Crippen LogP contribution in [0.2, 0.25) is 0 Å². The highest BCUT2D eigenvalue weighted by molar-refractivity contribution is 5.96. The van der Waals surface area contributed by atoms with Gasteiger partial charge >= 0.3 is 5.97 Å². The smallest absolute Gasteiger partial charge is 0.334 e. The summed E-state index contributed by atoms with van der Waals surface area (Å²) in [6.45, 7) is 0.312. The number of rotatable bonds is 4. The number of aliphatic carboxylic acids is 1. The summed E-state index contributed by atoms with van der Waals surface area (Å²) in [5.74, 6) is -1.31. The van der Waals surface area contributed by atoms with E-state index in [0.29, 0.717) is 13.0 Å². The van der Waals surface area contributed by atoms with Crippen molar-refractivity contribution in [2.75, 3.05) is 13.7 Å². The van der Waals surface area contributed by atoms with Gasteiger partial charge in [0.25, 0.3) is 5.91 Å². The Labute approximate surface area is 109 Å². The Morgan fingerprint density at radius 3 is 3.05 bits per heavy atom. The molecular weight excluding hydrogens is 252 g/mol. The Hall–Kier alpha value is -2.15. The van der Waals surface area contributed by atoms with Crippen molar-refractivity contribution < 1.29 is 24.2 Å². The van der Waals surface area contributed by atoms with Crippen LogP contribution in [-0.2, 0) is 9.53 Å². The molecule has 1 aliphatic rings. The first-order valence-corrected chi connectivity index (χ1v) is 5.77. The minimum absolute atomic E-state index is 0.200. The minimum atomic E-state index is -1.08. The van der Waals surface area contributed by atoms with E-state index in [1.807, 2.05) is 0 Å². The van der Waals surface area contributed by atoms with E-state index in [1.54, 1.807) is 12.1 Å². The highest BCUT2D eigenvalue weighted by Gasteiger charge is 2.35. The molecule has 0 unspecified atom stereocenters. The molecule has 1 amide bonds. The molecule has 0 aliphatic carbocycles. The maximum atomic E-state index is 12.1. The first-order valence-electron chi connectivity index (χ1n) is 5.77. The lowest BCUT2D eigenvalue weighted by molar-refractivity contribution is -0.148. The number of ether oxygens (including phenoxy) is 2. The first kappa shape index (κ1) is 13.3. The minimum Gasteiger partial charge on any atom is -0.480 e. The molecule has 0 aromatic carbocycles. The molecular formula is C12H14N2O5. The second-order valence-corrected chi connectivity index (χ2v) is 4.06. The van der Waals surface area contributed by atoms with Crippen molar-refractivity contribution in [2.45, 2.75) is 18.6 Å². The van der Waals surface area contributed by atoms with Gasteiger partial charge in [-0.05, 0) is 18.6 Å². The Bertz CT molecular complexity index is 491. The van der Waals surface area contributed by atoms with Crippen molar-refractivity contribution in [3.05, 3.63) is 23.9 Å². The summed E-state index contributed by atoms with van der Waals surface area (Å²) >= 11 is 0. The SMILES string of the molecule is COc1ncccc1C(=O)N[C@@H]1CCO[C@@H]1C(=O)O. The molecule has 1 aliphatic heterocycles. The van der Waals surface area contributed by atoms with Crippen molar-refractivity contribution in [1.82, 2.24) is 10.3 Å². The number of carboxylic acid groups (broad SMARTS) is 1. The molecule has 1 aromatic rings. The van der Waals surface area contributed by atoms with Crippen molar-refractivity contribution >= 4 is 11.9 Å². The van der Waals surface area contributed by atoms with Crippen LogP contribution in [0.5, 0.6) is 5.88 Å². The zero-order valence-electron chi connectivity index (χ0n) is 10.3. The molecule has 7 heteroatoms. The van der Waals surface area contributed by atoms with Gasteiger partial charge in [0.2, 0.25) is 5.88 Å².